The fourth-order valence-corrected chi connectivity index (χ4v) is 3.67. The Kier molecular flexibility index (Phi) is 3.72. The number of rotatable bonds is 1. The standard InChI is InChI=1S/C15H13BrN2OS/c16-14-10(4-3-5-11(14)17)15(19)18-8-9-20-13-7-2-1-6-12(13)18/h1-7H,8-9,17H2. The molecule has 102 valence electrons. The van der Waals surface area contributed by atoms with Crippen molar-refractivity contribution in [3.63, 3.8) is 0 Å². The molecule has 0 saturated carbocycles. The van der Waals surface area contributed by atoms with E-state index in [1.54, 1.807) is 30.0 Å². The van der Waals surface area contributed by atoms with Gasteiger partial charge in [-0.2, -0.15) is 0 Å². The predicted molar refractivity (Wildman–Crippen MR) is 87.4 cm³/mol. The highest BCUT2D eigenvalue weighted by Gasteiger charge is 2.25. The number of amides is 1. The minimum atomic E-state index is -0.0167. The first-order valence-electron chi connectivity index (χ1n) is 6.26. The van der Waals surface area contributed by atoms with E-state index in [0.717, 1.165) is 16.3 Å². The molecule has 1 aliphatic rings. The van der Waals surface area contributed by atoms with Gasteiger partial charge in [0.25, 0.3) is 5.91 Å². The number of carbonyl (C=O) groups is 1. The van der Waals surface area contributed by atoms with Crippen LogP contribution in [0.1, 0.15) is 10.4 Å². The van der Waals surface area contributed by atoms with Crippen LogP contribution in [0, 0.1) is 0 Å². The number of nitrogens with zero attached hydrogens (tertiary/aromatic N) is 1. The van der Waals surface area contributed by atoms with Crippen LogP contribution in [0.4, 0.5) is 11.4 Å². The van der Waals surface area contributed by atoms with Crippen LogP contribution < -0.4 is 10.6 Å². The maximum Gasteiger partial charge on any atom is 0.259 e. The van der Waals surface area contributed by atoms with Crippen LogP contribution in [-0.4, -0.2) is 18.2 Å². The lowest BCUT2D eigenvalue weighted by Crippen LogP contribution is -2.35. The van der Waals surface area contributed by atoms with Crippen molar-refractivity contribution in [2.45, 2.75) is 4.90 Å². The minimum Gasteiger partial charge on any atom is -0.398 e. The van der Waals surface area contributed by atoms with E-state index in [9.17, 15) is 4.79 Å². The average Bonchev–Trinajstić information content (AvgIpc) is 2.49. The van der Waals surface area contributed by atoms with E-state index in [0.29, 0.717) is 22.3 Å². The number of thioether (sulfide) groups is 1. The number of nitrogen functional groups attached to an aromatic ring is 1. The summed E-state index contributed by atoms with van der Waals surface area (Å²) in [5.41, 5.74) is 8.02. The van der Waals surface area contributed by atoms with Crippen LogP contribution in [0.15, 0.2) is 51.8 Å². The lowest BCUT2D eigenvalue weighted by Gasteiger charge is -2.29. The summed E-state index contributed by atoms with van der Waals surface area (Å²) in [4.78, 5) is 15.7. The Morgan fingerprint density at radius 2 is 2.00 bits per heavy atom. The number of benzene rings is 2. The molecule has 0 aromatic heterocycles. The van der Waals surface area contributed by atoms with Crippen molar-refractivity contribution in [3.8, 4) is 0 Å². The largest absolute Gasteiger partial charge is 0.398 e. The van der Waals surface area contributed by atoms with Gasteiger partial charge in [0, 0.05) is 22.9 Å². The summed E-state index contributed by atoms with van der Waals surface area (Å²) in [7, 11) is 0. The Morgan fingerprint density at radius 3 is 2.85 bits per heavy atom. The highest BCUT2D eigenvalue weighted by molar-refractivity contribution is 9.10. The molecule has 1 heterocycles. The van der Waals surface area contributed by atoms with E-state index in [1.165, 1.54) is 0 Å². The Balaban J connectivity index is 2.02. The normalized spacial score (nSPS) is 13.9. The van der Waals surface area contributed by atoms with Gasteiger partial charge >= 0.3 is 0 Å². The van der Waals surface area contributed by atoms with Crippen molar-refractivity contribution in [2.75, 3.05) is 22.9 Å². The zero-order valence-electron chi connectivity index (χ0n) is 10.7. The molecule has 2 aromatic rings. The maximum atomic E-state index is 12.8. The van der Waals surface area contributed by atoms with Crippen LogP contribution in [0.5, 0.6) is 0 Å². The highest BCUT2D eigenvalue weighted by Crippen LogP contribution is 2.36. The van der Waals surface area contributed by atoms with Gasteiger partial charge in [-0.1, -0.05) is 18.2 Å². The van der Waals surface area contributed by atoms with E-state index in [2.05, 4.69) is 15.9 Å². The number of halogens is 1. The van der Waals surface area contributed by atoms with Gasteiger partial charge in [-0.25, -0.2) is 0 Å². The lowest BCUT2D eigenvalue weighted by atomic mass is 10.1. The summed E-state index contributed by atoms with van der Waals surface area (Å²) >= 11 is 5.19. The van der Waals surface area contributed by atoms with Crippen molar-refractivity contribution >= 4 is 45.0 Å². The molecule has 0 unspecified atom stereocenters. The molecule has 0 radical (unpaired) electrons. The van der Waals surface area contributed by atoms with E-state index in [1.807, 2.05) is 29.2 Å². The monoisotopic (exact) mass is 348 g/mol. The molecule has 0 fully saturated rings. The number of hydrogen-bond acceptors (Lipinski definition) is 3. The van der Waals surface area contributed by atoms with Crippen LogP contribution >= 0.6 is 27.7 Å². The molecule has 20 heavy (non-hydrogen) atoms. The number of fused-ring (bicyclic) bond motifs is 1. The minimum absolute atomic E-state index is 0.0167. The smallest absolute Gasteiger partial charge is 0.259 e. The molecule has 0 bridgehead atoms. The number of hydrogen-bond donors (Lipinski definition) is 1. The highest BCUT2D eigenvalue weighted by atomic mass is 79.9. The maximum absolute atomic E-state index is 12.8. The van der Waals surface area contributed by atoms with Gasteiger partial charge in [-0.15, -0.1) is 11.8 Å². The second kappa shape index (κ2) is 5.50. The van der Waals surface area contributed by atoms with Gasteiger partial charge in [0.05, 0.1) is 15.7 Å². The van der Waals surface area contributed by atoms with Crippen LogP contribution in [0.3, 0.4) is 0 Å². The molecule has 5 heteroatoms. The van der Waals surface area contributed by atoms with Crippen molar-refractivity contribution in [1.29, 1.82) is 0 Å². The zero-order valence-corrected chi connectivity index (χ0v) is 13.1. The van der Waals surface area contributed by atoms with Crippen molar-refractivity contribution in [1.82, 2.24) is 0 Å². The molecule has 0 spiro atoms. The predicted octanol–water partition coefficient (Wildman–Crippen LogP) is 3.78. The van der Waals surface area contributed by atoms with E-state index in [-0.39, 0.29) is 5.91 Å². The fourth-order valence-electron chi connectivity index (χ4n) is 2.24. The molecule has 1 aliphatic heterocycles. The first-order valence-corrected chi connectivity index (χ1v) is 8.04. The fraction of sp³-hybridized carbons (Fsp3) is 0.133. The average molecular weight is 349 g/mol. The Labute approximate surface area is 130 Å². The third-order valence-electron chi connectivity index (χ3n) is 3.23. The van der Waals surface area contributed by atoms with E-state index >= 15 is 0 Å². The SMILES string of the molecule is Nc1cccc(C(=O)N2CCSc3ccccc32)c1Br. The van der Waals surface area contributed by atoms with Crippen molar-refractivity contribution in [2.24, 2.45) is 0 Å². The Bertz CT molecular complexity index is 675. The van der Waals surface area contributed by atoms with Crippen molar-refractivity contribution < 1.29 is 4.79 Å². The van der Waals surface area contributed by atoms with Gasteiger partial charge in [0.1, 0.15) is 0 Å². The molecule has 2 N–H and O–H groups in total. The van der Waals surface area contributed by atoms with Crippen molar-refractivity contribution in [3.05, 3.63) is 52.5 Å². The van der Waals surface area contributed by atoms with Gasteiger partial charge in [0.2, 0.25) is 0 Å². The molecule has 0 aliphatic carbocycles. The molecule has 0 atom stereocenters. The van der Waals surface area contributed by atoms with Crippen LogP contribution in [-0.2, 0) is 0 Å². The molecular weight excluding hydrogens is 336 g/mol. The number of para-hydroxylation sites is 1. The molecule has 3 nitrogen and oxygen atoms in total. The quantitative estimate of drug-likeness (QED) is 0.797. The first kappa shape index (κ1) is 13.5. The van der Waals surface area contributed by atoms with Gasteiger partial charge in [-0.3, -0.25) is 4.79 Å². The van der Waals surface area contributed by atoms with E-state index in [4.69, 9.17) is 5.73 Å². The summed E-state index contributed by atoms with van der Waals surface area (Å²) < 4.78 is 0.667. The van der Waals surface area contributed by atoms with Gasteiger partial charge in [0.15, 0.2) is 0 Å². The lowest BCUT2D eigenvalue weighted by molar-refractivity contribution is 0.0987. The molecule has 1 amide bonds. The van der Waals surface area contributed by atoms with Gasteiger partial charge < -0.3 is 10.6 Å². The van der Waals surface area contributed by atoms with Crippen LogP contribution in [0.2, 0.25) is 0 Å². The molecule has 3 rings (SSSR count). The Morgan fingerprint density at radius 1 is 1.20 bits per heavy atom. The number of anilines is 2. The third kappa shape index (κ3) is 2.31. The third-order valence-corrected chi connectivity index (χ3v) is 5.16. The first-order chi connectivity index (χ1) is 9.68. The molecule has 2 aromatic carbocycles. The van der Waals surface area contributed by atoms with Gasteiger partial charge in [-0.05, 0) is 40.2 Å². The summed E-state index contributed by atoms with van der Waals surface area (Å²) in [6, 6.07) is 13.4. The number of carbonyl (C=O) groups excluding carboxylic acids is 1. The second-order valence-corrected chi connectivity index (χ2v) is 6.41. The number of nitrogens with two attached hydrogens (primary N) is 1. The van der Waals surface area contributed by atoms with E-state index < -0.39 is 0 Å². The molecule has 0 saturated heterocycles. The zero-order chi connectivity index (χ0) is 14.1. The van der Waals surface area contributed by atoms with Crippen LogP contribution in [0.25, 0.3) is 0 Å². The summed E-state index contributed by atoms with van der Waals surface area (Å²) in [5.74, 6) is 0.889. The molecular formula is C15H13BrN2OS. The Hall–Kier alpha value is -1.46. The second-order valence-electron chi connectivity index (χ2n) is 4.48. The summed E-state index contributed by atoms with van der Waals surface area (Å²) in [6.07, 6.45) is 0. The summed E-state index contributed by atoms with van der Waals surface area (Å²) in [6.45, 7) is 0.710. The summed E-state index contributed by atoms with van der Waals surface area (Å²) in [5, 5.41) is 0. The topological polar surface area (TPSA) is 46.3 Å².